The van der Waals surface area contributed by atoms with Gasteiger partial charge >= 0.3 is 0 Å². The third kappa shape index (κ3) is 25.0. The van der Waals surface area contributed by atoms with E-state index >= 15 is 0 Å². The first-order valence-corrected chi connectivity index (χ1v) is 53.9. The molecule has 144 heavy (non-hydrogen) atoms. The molecule has 2 aliphatic carbocycles. The smallest absolute Gasteiger partial charge is 0.281 e. The van der Waals surface area contributed by atoms with E-state index in [1.807, 2.05) is 49.4 Å². The molecule has 10 N–H and O–H groups in total. The molecular formula is C105H130FN19O15S4. The molecule has 0 spiro atoms. The van der Waals surface area contributed by atoms with Crippen LogP contribution in [0, 0.1) is 67.5 Å². The van der Waals surface area contributed by atoms with Gasteiger partial charge < -0.3 is 45.9 Å². The van der Waals surface area contributed by atoms with Crippen LogP contribution >= 0.6 is 0 Å². The van der Waals surface area contributed by atoms with Crippen LogP contribution in [0.4, 0.5) is 39.3 Å². The van der Waals surface area contributed by atoms with Crippen molar-refractivity contribution >= 4 is 98.6 Å². The fraction of sp³-hybridized carbons (Fsp3) is 0.400. The minimum Gasteiger partial charge on any atom is -0.508 e. The number of aromatic amines is 1. The van der Waals surface area contributed by atoms with E-state index in [9.17, 15) is 67.1 Å². The van der Waals surface area contributed by atoms with Gasteiger partial charge in [-0.25, -0.2) is 70.0 Å². The molecule has 16 rings (SSSR count). The normalized spacial score (nSPS) is 19.3. The first-order valence-electron chi connectivity index (χ1n) is 47.9. The number of aryl methyl sites for hydroxylation is 3. The number of amides is 4. The van der Waals surface area contributed by atoms with Crippen molar-refractivity contribution in [1.82, 2.24) is 63.7 Å². The number of carbonyl (C=O) groups excluding carboxylic acids is 4. The van der Waals surface area contributed by atoms with Crippen LogP contribution in [-0.2, 0) is 40.1 Å². The number of nitrogens with one attached hydrogen (secondary N) is 5. The number of pyridine rings is 9. The third-order valence-corrected chi connectivity index (χ3v) is 32.0. The van der Waals surface area contributed by atoms with Gasteiger partial charge in [-0.15, -0.1) is 0 Å². The Morgan fingerprint density at radius 3 is 1.51 bits per heavy atom. The Hall–Kier alpha value is -13.7. The summed E-state index contributed by atoms with van der Waals surface area (Å²) >= 11 is 0. The summed E-state index contributed by atoms with van der Waals surface area (Å²) in [7, 11) is -17.1. The molecular weight excluding hydrogens is 1910 g/mol. The summed E-state index contributed by atoms with van der Waals surface area (Å²) in [6.07, 6.45) is 15.2. The van der Waals surface area contributed by atoms with Gasteiger partial charge in [-0.3, -0.25) is 29.0 Å². The first-order chi connectivity index (χ1) is 67.7. The summed E-state index contributed by atoms with van der Waals surface area (Å²) in [6.45, 7) is 41.3. The standard InChI is InChI=1S/C28H37N7O3S.C27H35N3O4S.C25H27FN4O4S.C25H29N5O4S.H2/c1-7-34(8-2)24-15-18(3)14-22(30-24)21-13-12-20(26(31-21)35-17-19(4)16-28(35,5)6)27(36)33-39(37,38)25-11-9-10-23(29)32-25;1-18-15-22(27(3,4)16-18)25-21(11-8-14-28-25)26(31)30-35(32,33)24-13-7-12-23(29-24)34-17-20-10-6-5-9-19(20)2;1-15-7-8-17(19(26)12-15)20-10-9-18(22(28-20)30-14-16(2)13-25(30,3)4)23(31)29-35(33,34)21-6-5-11-27-24(21)32;1-15-13-25(3,4)30(14-15)23-19(9-10-20(28-23)18-8-7-17(31)12-16(18)2)24(32)29-35(33,34)21-6-5-11-27-22(21)26;/h9-15,19H,7-8,16-17H2,1-6H3,(H2,29,32)(H,33,36);5-8,11-14,18-20,22H,9-10,15-17H2,1-4H3,(H,30,31);5-12,16H,13-14H2,1-4H3,(H,27,32)(H,29,31);5-12,15,31H,13-14H2,1-4H3,(H2,26,27)(H,29,32);1H/t19-;;16-;15-;/m0.00./s1. The van der Waals surface area contributed by atoms with Gasteiger partial charge in [-0.2, -0.15) is 21.8 Å². The predicted molar refractivity (Wildman–Crippen MR) is 557 cm³/mol. The van der Waals surface area contributed by atoms with Crippen molar-refractivity contribution in [2.24, 2.45) is 40.9 Å². The molecule has 34 nitrogen and oxygen atoms in total. The van der Waals surface area contributed by atoms with Gasteiger partial charge in [-0.05, 0) is 312 Å². The van der Waals surface area contributed by atoms with Crippen LogP contribution < -0.4 is 60.3 Å². The van der Waals surface area contributed by atoms with E-state index in [1.54, 1.807) is 92.0 Å². The number of carbonyl (C=O) groups is 4. The summed E-state index contributed by atoms with van der Waals surface area (Å²) in [5, 5.41) is 9.22. The number of ether oxygens (including phenoxy) is 1. The molecule has 2 aromatic carbocycles. The highest BCUT2D eigenvalue weighted by Crippen LogP contribution is 2.52. The van der Waals surface area contributed by atoms with E-state index in [4.69, 9.17) is 31.2 Å². The largest absolute Gasteiger partial charge is 0.508 e. The minimum atomic E-state index is -4.44. The van der Waals surface area contributed by atoms with Gasteiger partial charge in [0.2, 0.25) is 5.88 Å². The number of rotatable bonds is 25. The Morgan fingerprint density at radius 1 is 0.507 bits per heavy atom. The number of allylic oxidation sites excluding steroid dienone is 2. The number of H-pyrrole nitrogens is 1. The van der Waals surface area contributed by atoms with Crippen molar-refractivity contribution in [1.29, 1.82) is 0 Å². The van der Waals surface area contributed by atoms with Crippen LogP contribution in [0.15, 0.2) is 213 Å². The van der Waals surface area contributed by atoms with Gasteiger partial charge in [0.15, 0.2) is 14.9 Å². The molecule has 4 amide bonds. The van der Waals surface area contributed by atoms with Crippen LogP contribution in [0.1, 0.15) is 220 Å². The van der Waals surface area contributed by atoms with Crippen molar-refractivity contribution in [3.8, 4) is 45.5 Å². The van der Waals surface area contributed by atoms with E-state index in [0.29, 0.717) is 102 Å². The summed E-state index contributed by atoms with van der Waals surface area (Å²) < 4.78 is 132. The molecule has 39 heteroatoms. The summed E-state index contributed by atoms with van der Waals surface area (Å²) in [5.41, 5.74) is 16.7. The number of hydrogen-bond donors (Lipinski definition) is 8. The Labute approximate surface area is 843 Å². The lowest BCUT2D eigenvalue weighted by atomic mass is 9.78. The van der Waals surface area contributed by atoms with Crippen LogP contribution in [-0.4, -0.2) is 163 Å². The van der Waals surface area contributed by atoms with Crippen LogP contribution in [0.5, 0.6) is 11.6 Å². The second-order valence-corrected chi connectivity index (χ2v) is 47.2. The molecule has 9 aromatic heterocycles. The Kier molecular flexibility index (Phi) is 32.5. The van der Waals surface area contributed by atoms with Crippen molar-refractivity contribution in [2.45, 2.75) is 212 Å². The lowest BCUT2D eigenvalue weighted by Gasteiger charge is -2.34. The van der Waals surface area contributed by atoms with Crippen LogP contribution in [0.2, 0.25) is 0 Å². The maximum absolute atomic E-state index is 14.7. The molecule has 4 fully saturated rings. The number of hydrogen-bond acceptors (Lipinski definition) is 29. The quantitative estimate of drug-likeness (QED) is 0.0246. The number of phenols is 1. The zero-order valence-electron chi connectivity index (χ0n) is 84.3. The second-order valence-electron chi connectivity index (χ2n) is 40.7. The average molecular weight is 2050 g/mol. The fourth-order valence-electron chi connectivity index (χ4n) is 20.1. The molecule has 3 saturated heterocycles. The van der Waals surface area contributed by atoms with Crippen LogP contribution in [0.25, 0.3) is 33.9 Å². The molecule has 5 aliphatic rings. The monoisotopic (exact) mass is 2040 g/mol. The number of nitrogens with zero attached hydrogens (tertiary/aromatic N) is 12. The van der Waals surface area contributed by atoms with Gasteiger partial charge in [0, 0.05) is 92.5 Å². The molecule has 11 aromatic rings. The zero-order chi connectivity index (χ0) is 105. The van der Waals surface area contributed by atoms with Gasteiger partial charge in [-0.1, -0.05) is 78.8 Å². The molecule has 766 valence electrons. The zero-order valence-corrected chi connectivity index (χ0v) is 87.6. The number of nitrogens with two attached hydrogens (primary N) is 2. The second kappa shape index (κ2) is 43.5. The topological polar surface area (TPSA) is 483 Å². The van der Waals surface area contributed by atoms with E-state index in [0.717, 1.165) is 92.2 Å². The molecule has 0 radical (unpaired) electrons. The number of phenolic OH excluding ortho intramolecular Hbond substituents is 1. The highest BCUT2D eigenvalue weighted by Gasteiger charge is 2.46. The first kappa shape index (κ1) is 108. The van der Waals surface area contributed by atoms with E-state index in [-0.39, 0.29) is 101 Å². The number of aromatic hydroxyl groups is 1. The van der Waals surface area contributed by atoms with Crippen molar-refractivity contribution in [3.05, 3.63) is 249 Å². The van der Waals surface area contributed by atoms with E-state index in [2.05, 4.69) is 161 Å². The molecule has 0 bridgehead atoms. The molecule has 7 atom stereocenters. The third-order valence-electron chi connectivity index (χ3n) is 26.8. The predicted octanol–water partition coefficient (Wildman–Crippen LogP) is 16.5. The van der Waals surface area contributed by atoms with E-state index in [1.165, 1.54) is 73.1 Å². The van der Waals surface area contributed by atoms with Crippen molar-refractivity contribution in [3.63, 3.8) is 0 Å². The Bertz CT molecular complexity index is 7280. The molecule has 3 aliphatic heterocycles. The number of nitrogen functional groups attached to an aromatic ring is 2. The Balaban J connectivity index is 0.000000172. The lowest BCUT2D eigenvalue weighted by molar-refractivity contribution is 0.0970. The number of halogens is 1. The van der Waals surface area contributed by atoms with Crippen molar-refractivity contribution < 1.29 is 68.5 Å². The van der Waals surface area contributed by atoms with Gasteiger partial charge in [0.25, 0.3) is 69.3 Å². The van der Waals surface area contributed by atoms with Gasteiger partial charge in [0.1, 0.15) is 51.4 Å². The highest BCUT2D eigenvalue weighted by molar-refractivity contribution is 7.91. The molecule has 4 unspecified atom stereocenters. The lowest BCUT2D eigenvalue weighted by Crippen LogP contribution is -2.41. The maximum Gasteiger partial charge on any atom is 0.281 e. The van der Waals surface area contributed by atoms with Crippen molar-refractivity contribution in [2.75, 3.05) is 70.4 Å². The van der Waals surface area contributed by atoms with E-state index < -0.39 is 80.0 Å². The summed E-state index contributed by atoms with van der Waals surface area (Å²) in [6, 6.07) is 40.6. The van der Waals surface area contributed by atoms with Crippen LogP contribution in [0.3, 0.4) is 0 Å². The fourth-order valence-corrected chi connectivity index (χ4v) is 24.0. The molecule has 1 saturated carbocycles. The Morgan fingerprint density at radius 2 is 1.00 bits per heavy atom. The summed E-state index contributed by atoms with van der Waals surface area (Å²) in [4.78, 5) is 111. The minimum absolute atomic E-state index is 0. The number of benzene rings is 2. The maximum atomic E-state index is 14.7. The summed E-state index contributed by atoms with van der Waals surface area (Å²) in [5.74, 6) is 0.961. The number of anilines is 6. The molecule has 12 heterocycles. The number of aromatic nitrogens is 9. The van der Waals surface area contributed by atoms with Gasteiger partial charge in [0.05, 0.1) is 57.3 Å². The number of sulfonamides is 4. The SMILES string of the molecule is CC1CC(c2ncccc2C(=O)NS(=O)(=O)c2cccc(OCC3CC=CCC3C)n2)C(C)(C)C1.CCN(CC)c1cc(C)cc(-c2ccc(C(=O)NS(=O)(=O)c3cccc(N)n3)c(N3C[C@@H](C)CC3(C)C)n2)n1.Cc1cc(O)ccc1-c1ccc(C(=O)NS(=O)(=O)c2cccnc2N)c(N2C[C@@H](C)CC2(C)C)n1.Cc1ccc(-c2ccc(C(=O)NS(=O)(=O)c3ccc[nH]c3=O)c(N3C[C@@H](C)CC3(C)C)n2)c(F)c1.[HH]. The average Bonchev–Trinajstić information content (AvgIpc) is 1.67. The highest BCUT2D eigenvalue weighted by atomic mass is 32.2.